The molecule has 7 nitrogen and oxygen atoms in total. The third-order valence-corrected chi connectivity index (χ3v) is 5.57. The van der Waals surface area contributed by atoms with Crippen LogP contribution in [0.25, 0.3) is 0 Å². The van der Waals surface area contributed by atoms with Crippen LogP contribution in [0.4, 0.5) is 16.2 Å². The number of hydrogen-bond acceptors (Lipinski definition) is 4. The fourth-order valence-corrected chi connectivity index (χ4v) is 4.03. The van der Waals surface area contributed by atoms with Crippen LogP contribution in [0, 0.1) is 0 Å². The van der Waals surface area contributed by atoms with Crippen LogP contribution < -0.4 is 16.0 Å². The van der Waals surface area contributed by atoms with E-state index < -0.39 is 0 Å². The van der Waals surface area contributed by atoms with E-state index >= 15 is 0 Å². The van der Waals surface area contributed by atoms with Gasteiger partial charge in [-0.3, -0.25) is 9.59 Å². The molecule has 0 bridgehead atoms. The van der Waals surface area contributed by atoms with Gasteiger partial charge in [0, 0.05) is 49.4 Å². The van der Waals surface area contributed by atoms with Gasteiger partial charge in [0.1, 0.15) is 0 Å². The molecular weight excluding hydrogens is 400 g/mol. The summed E-state index contributed by atoms with van der Waals surface area (Å²) in [6.07, 6.45) is 0.377. The number of carbonyl (C=O) groups is 3. The van der Waals surface area contributed by atoms with E-state index in [9.17, 15) is 14.4 Å². The Kier molecular flexibility index (Phi) is 7.73. The molecule has 0 unspecified atom stereocenters. The summed E-state index contributed by atoms with van der Waals surface area (Å²) in [5, 5.41) is 8.29. The number of nitrogens with one attached hydrogen (secondary N) is 3. The minimum absolute atomic E-state index is 0.141. The smallest absolute Gasteiger partial charge is 0.319 e. The van der Waals surface area contributed by atoms with Crippen molar-refractivity contribution >= 4 is 41.0 Å². The highest BCUT2D eigenvalue weighted by molar-refractivity contribution is 7.99. The number of nitrogens with zero attached hydrogens (tertiary/aromatic N) is 1. The zero-order valence-corrected chi connectivity index (χ0v) is 17.8. The average molecular weight is 427 g/mol. The number of hydrogen-bond donors (Lipinski definition) is 3. The van der Waals surface area contributed by atoms with Gasteiger partial charge in [0.25, 0.3) is 0 Å². The number of thioether (sulfide) groups is 1. The Balaban J connectivity index is 1.46. The van der Waals surface area contributed by atoms with Gasteiger partial charge in [0.05, 0.1) is 6.42 Å². The summed E-state index contributed by atoms with van der Waals surface area (Å²) in [5.41, 5.74) is 3.15. The van der Waals surface area contributed by atoms with Gasteiger partial charge >= 0.3 is 6.03 Å². The van der Waals surface area contributed by atoms with E-state index in [4.69, 9.17) is 0 Å². The molecule has 1 aliphatic rings. The number of anilines is 2. The van der Waals surface area contributed by atoms with Crippen LogP contribution in [-0.4, -0.2) is 47.3 Å². The molecule has 8 heteroatoms. The van der Waals surface area contributed by atoms with Crippen LogP contribution in [-0.2, 0) is 22.6 Å². The molecule has 0 spiro atoms. The highest BCUT2D eigenvalue weighted by Crippen LogP contribution is 2.14. The lowest BCUT2D eigenvalue weighted by Gasteiger charge is -2.26. The Hall–Kier alpha value is -3.00. The van der Waals surface area contributed by atoms with Crippen LogP contribution in [0.5, 0.6) is 0 Å². The molecule has 0 aliphatic carbocycles. The van der Waals surface area contributed by atoms with Crippen molar-refractivity contribution < 1.29 is 14.4 Å². The largest absolute Gasteiger partial charge is 0.341 e. The summed E-state index contributed by atoms with van der Waals surface area (Å²) >= 11 is 1.88. The predicted octanol–water partition coefficient (Wildman–Crippen LogP) is 3.08. The summed E-state index contributed by atoms with van der Waals surface area (Å²) in [4.78, 5) is 37.6. The molecule has 1 aliphatic heterocycles. The van der Waals surface area contributed by atoms with E-state index in [1.165, 1.54) is 6.92 Å². The van der Waals surface area contributed by atoms with E-state index in [-0.39, 0.29) is 17.8 Å². The maximum absolute atomic E-state index is 12.3. The maximum Gasteiger partial charge on any atom is 0.319 e. The minimum atomic E-state index is -0.324. The fourth-order valence-electron chi connectivity index (χ4n) is 3.13. The third kappa shape index (κ3) is 6.81. The topological polar surface area (TPSA) is 90.5 Å². The SMILES string of the molecule is CC(=O)Nc1cccc(CNC(=O)Nc2ccc(CC(=O)N3CCSCC3)cc2)c1. The first-order valence-corrected chi connectivity index (χ1v) is 11.0. The summed E-state index contributed by atoms with van der Waals surface area (Å²) in [5.74, 6) is 2.01. The fraction of sp³-hybridized carbons (Fsp3) is 0.318. The van der Waals surface area contributed by atoms with Gasteiger partial charge in [0.15, 0.2) is 0 Å². The quantitative estimate of drug-likeness (QED) is 0.662. The van der Waals surface area contributed by atoms with E-state index in [1.54, 1.807) is 18.2 Å². The van der Waals surface area contributed by atoms with Crippen LogP contribution in [0.1, 0.15) is 18.1 Å². The molecule has 3 rings (SSSR count). The summed E-state index contributed by atoms with van der Waals surface area (Å²) in [6.45, 7) is 3.42. The van der Waals surface area contributed by atoms with E-state index in [1.807, 2.05) is 47.0 Å². The minimum Gasteiger partial charge on any atom is -0.341 e. The second-order valence-electron chi connectivity index (χ2n) is 7.06. The highest BCUT2D eigenvalue weighted by atomic mass is 32.2. The molecule has 0 saturated carbocycles. The van der Waals surface area contributed by atoms with Gasteiger partial charge in [-0.15, -0.1) is 0 Å². The predicted molar refractivity (Wildman–Crippen MR) is 121 cm³/mol. The molecular formula is C22H26N4O3S. The van der Waals surface area contributed by atoms with E-state index in [0.717, 1.165) is 35.7 Å². The molecule has 1 fully saturated rings. The van der Waals surface area contributed by atoms with Gasteiger partial charge in [-0.2, -0.15) is 11.8 Å². The molecule has 0 aromatic heterocycles. The van der Waals surface area contributed by atoms with Crippen molar-refractivity contribution in [2.45, 2.75) is 19.9 Å². The van der Waals surface area contributed by atoms with Gasteiger partial charge < -0.3 is 20.9 Å². The normalized spacial score (nSPS) is 13.4. The third-order valence-electron chi connectivity index (χ3n) is 4.63. The van der Waals surface area contributed by atoms with Crippen LogP contribution in [0.3, 0.4) is 0 Å². The molecule has 158 valence electrons. The lowest BCUT2D eigenvalue weighted by atomic mass is 10.1. The first-order chi connectivity index (χ1) is 14.5. The first kappa shape index (κ1) is 21.7. The van der Waals surface area contributed by atoms with Crippen LogP contribution >= 0.6 is 11.8 Å². The number of benzene rings is 2. The van der Waals surface area contributed by atoms with E-state index in [0.29, 0.717) is 24.3 Å². The standard InChI is InChI=1S/C22H26N4O3S/c1-16(27)24-20-4-2-3-18(13-20)15-23-22(29)25-19-7-5-17(6-8-19)14-21(28)26-9-11-30-12-10-26/h2-8,13H,9-12,14-15H2,1H3,(H,24,27)(H2,23,25,29). The van der Waals surface area contributed by atoms with Gasteiger partial charge in [-0.05, 0) is 35.4 Å². The molecule has 30 heavy (non-hydrogen) atoms. The molecule has 4 amide bonds. The summed E-state index contributed by atoms with van der Waals surface area (Å²) < 4.78 is 0. The molecule has 1 heterocycles. The second-order valence-corrected chi connectivity index (χ2v) is 8.28. The van der Waals surface area contributed by atoms with Crippen LogP contribution in [0.15, 0.2) is 48.5 Å². The number of rotatable bonds is 6. The number of amides is 4. The summed E-state index contributed by atoms with van der Waals surface area (Å²) in [6, 6.07) is 14.3. The Labute approximate surface area is 180 Å². The molecule has 2 aromatic rings. The molecule has 1 saturated heterocycles. The monoisotopic (exact) mass is 426 g/mol. The van der Waals surface area contributed by atoms with Crippen molar-refractivity contribution in [3.05, 3.63) is 59.7 Å². The van der Waals surface area contributed by atoms with Gasteiger partial charge in [0.2, 0.25) is 11.8 Å². The van der Waals surface area contributed by atoms with Crippen molar-refractivity contribution in [1.82, 2.24) is 10.2 Å². The zero-order valence-electron chi connectivity index (χ0n) is 16.9. The summed E-state index contributed by atoms with van der Waals surface area (Å²) in [7, 11) is 0. The maximum atomic E-state index is 12.3. The Morgan fingerprint density at radius 1 is 0.933 bits per heavy atom. The molecule has 0 atom stereocenters. The lowest BCUT2D eigenvalue weighted by molar-refractivity contribution is -0.130. The van der Waals surface area contributed by atoms with Gasteiger partial charge in [-0.1, -0.05) is 24.3 Å². The van der Waals surface area contributed by atoms with Crippen molar-refractivity contribution in [1.29, 1.82) is 0 Å². The Morgan fingerprint density at radius 2 is 1.67 bits per heavy atom. The number of carbonyl (C=O) groups excluding carboxylic acids is 3. The van der Waals surface area contributed by atoms with Gasteiger partial charge in [-0.25, -0.2) is 4.79 Å². The van der Waals surface area contributed by atoms with Crippen molar-refractivity contribution in [3.63, 3.8) is 0 Å². The van der Waals surface area contributed by atoms with Crippen molar-refractivity contribution in [2.75, 3.05) is 35.2 Å². The average Bonchev–Trinajstić information content (AvgIpc) is 2.74. The molecule has 3 N–H and O–H groups in total. The molecule has 0 radical (unpaired) electrons. The van der Waals surface area contributed by atoms with Crippen LogP contribution in [0.2, 0.25) is 0 Å². The zero-order chi connectivity index (χ0) is 21.3. The first-order valence-electron chi connectivity index (χ1n) is 9.85. The highest BCUT2D eigenvalue weighted by Gasteiger charge is 2.16. The molecule has 2 aromatic carbocycles. The van der Waals surface area contributed by atoms with Crippen molar-refractivity contribution in [2.24, 2.45) is 0 Å². The van der Waals surface area contributed by atoms with E-state index in [2.05, 4.69) is 16.0 Å². The second kappa shape index (κ2) is 10.7. The Bertz CT molecular complexity index is 896. The number of urea groups is 1. The van der Waals surface area contributed by atoms with Crippen molar-refractivity contribution in [3.8, 4) is 0 Å². The Morgan fingerprint density at radius 3 is 2.37 bits per heavy atom. The lowest BCUT2D eigenvalue weighted by Crippen LogP contribution is -2.38.